The molecule has 1 aliphatic carbocycles. The summed E-state index contributed by atoms with van der Waals surface area (Å²) in [5.74, 6) is 1.50. The van der Waals surface area contributed by atoms with Gasteiger partial charge in [0.2, 0.25) is 5.78 Å². The molecule has 4 heteroatoms. The topological polar surface area (TPSA) is 69.4 Å². The first-order valence-electron chi connectivity index (χ1n) is 3.61. The third-order valence-electron chi connectivity index (χ3n) is 1.69. The molecule has 0 saturated heterocycles. The molecule has 64 valence electrons. The molecule has 0 bridgehead atoms. The maximum atomic E-state index is 11.0. The van der Waals surface area contributed by atoms with Crippen molar-refractivity contribution < 1.29 is 14.3 Å². The normalized spacial score (nSPS) is 17.6. The number of hydrogen-bond donors (Lipinski definition) is 1. The van der Waals surface area contributed by atoms with Gasteiger partial charge in [0.25, 0.3) is 0 Å². The van der Waals surface area contributed by atoms with Gasteiger partial charge in [-0.1, -0.05) is 0 Å². The van der Waals surface area contributed by atoms with Gasteiger partial charge in [0.15, 0.2) is 6.10 Å². The molecule has 0 aromatic carbocycles. The number of carbonyl (C=O) groups is 2. The first kappa shape index (κ1) is 8.60. The standard InChI is InChI=1S/C8H9NO3/c1-2-6(10)7(5-3-4-5)12-8(9)11/h1,5,7H,3-4H2,(H2,9,11)/t7-/m1/s1. The minimum Gasteiger partial charge on any atom is -0.437 e. The first-order chi connectivity index (χ1) is 5.65. The fraction of sp³-hybridized carbons (Fsp3) is 0.500. The van der Waals surface area contributed by atoms with E-state index in [2.05, 4.69) is 4.74 Å². The molecule has 2 N–H and O–H groups in total. The lowest BCUT2D eigenvalue weighted by atomic mass is 10.1. The zero-order valence-electron chi connectivity index (χ0n) is 6.45. The van der Waals surface area contributed by atoms with Crippen molar-refractivity contribution in [3.05, 3.63) is 0 Å². The van der Waals surface area contributed by atoms with E-state index >= 15 is 0 Å². The molecule has 4 nitrogen and oxygen atoms in total. The van der Waals surface area contributed by atoms with Gasteiger partial charge in [-0.15, -0.1) is 6.42 Å². The smallest absolute Gasteiger partial charge is 0.405 e. The molecule has 0 heterocycles. The molecule has 1 rings (SSSR count). The summed E-state index contributed by atoms with van der Waals surface area (Å²) in [7, 11) is 0. The van der Waals surface area contributed by atoms with Crippen molar-refractivity contribution in [1.82, 2.24) is 0 Å². The van der Waals surface area contributed by atoms with E-state index in [0.29, 0.717) is 0 Å². The third-order valence-corrected chi connectivity index (χ3v) is 1.69. The van der Waals surface area contributed by atoms with E-state index in [0.717, 1.165) is 12.8 Å². The summed E-state index contributed by atoms with van der Waals surface area (Å²) < 4.78 is 4.57. The highest BCUT2D eigenvalue weighted by Gasteiger charge is 2.38. The van der Waals surface area contributed by atoms with Crippen LogP contribution in [-0.2, 0) is 9.53 Å². The Labute approximate surface area is 70.1 Å². The van der Waals surface area contributed by atoms with E-state index in [9.17, 15) is 9.59 Å². The summed E-state index contributed by atoms with van der Waals surface area (Å²) in [5, 5.41) is 0. The minimum atomic E-state index is -0.949. The van der Waals surface area contributed by atoms with Crippen LogP contribution >= 0.6 is 0 Å². The first-order valence-corrected chi connectivity index (χ1v) is 3.61. The quantitative estimate of drug-likeness (QED) is 0.477. The molecule has 0 unspecified atom stereocenters. The molecule has 0 aromatic rings. The van der Waals surface area contributed by atoms with Crippen LogP contribution in [0, 0.1) is 18.3 Å². The summed E-state index contributed by atoms with van der Waals surface area (Å²) in [6.45, 7) is 0. The fourth-order valence-electron chi connectivity index (χ4n) is 0.970. The van der Waals surface area contributed by atoms with Gasteiger partial charge in [-0.05, 0) is 18.8 Å². The number of ketones is 1. The van der Waals surface area contributed by atoms with Gasteiger partial charge in [-0.3, -0.25) is 4.79 Å². The molecular formula is C8H9NO3. The van der Waals surface area contributed by atoms with E-state index in [-0.39, 0.29) is 5.92 Å². The van der Waals surface area contributed by atoms with E-state index in [1.54, 1.807) is 0 Å². The molecule has 12 heavy (non-hydrogen) atoms. The second-order valence-electron chi connectivity index (χ2n) is 2.70. The summed E-state index contributed by atoms with van der Waals surface area (Å²) in [5.41, 5.74) is 4.77. The average Bonchev–Trinajstić information content (AvgIpc) is 2.81. The molecule has 1 aliphatic rings. The van der Waals surface area contributed by atoms with Crippen molar-refractivity contribution in [2.24, 2.45) is 11.7 Å². The van der Waals surface area contributed by atoms with Crippen molar-refractivity contribution in [1.29, 1.82) is 0 Å². The van der Waals surface area contributed by atoms with Crippen LogP contribution in [0.3, 0.4) is 0 Å². The molecule has 1 amide bonds. The molecular weight excluding hydrogens is 158 g/mol. The predicted molar refractivity (Wildman–Crippen MR) is 41.0 cm³/mol. The highest BCUT2D eigenvalue weighted by molar-refractivity contribution is 5.99. The van der Waals surface area contributed by atoms with Gasteiger partial charge in [0.1, 0.15) is 0 Å². The van der Waals surface area contributed by atoms with Crippen molar-refractivity contribution in [2.45, 2.75) is 18.9 Å². The number of terminal acetylenes is 1. The summed E-state index contributed by atoms with van der Waals surface area (Å²) >= 11 is 0. The van der Waals surface area contributed by atoms with Crippen LogP contribution in [0.15, 0.2) is 0 Å². The Kier molecular flexibility index (Phi) is 2.34. The van der Waals surface area contributed by atoms with Crippen LogP contribution in [-0.4, -0.2) is 18.0 Å². The van der Waals surface area contributed by atoms with E-state index < -0.39 is 18.0 Å². The Morgan fingerprint density at radius 2 is 2.17 bits per heavy atom. The van der Waals surface area contributed by atoms with Gasteiger partial charge in [0, 0.05) is 5.92 Å². The Bertz CT molecular complexity index is 250. The second kappa shape index (κ2) is 3.26. The second-order valence-corrected chi connectivity index (χ2v) is 2.70. The van der Waals surface area contributed by atoms with Crippen molar-refractivity contribution in [2.75, 3.05) is 0 Å². The lowest BCUT2D eigenvalue weighted by molar-refractivity contribution is -0.122. The van der Waals surface area contributed by atoms with Gasteiger partial charge >= 0.3 is 6.09 Å². The average molecular weight is 167 g/mol. The Morgan fingerprint density at radius 3 is 2.50 bits per heavy atom. The van der Waals surface area contributed by atoms with E-state index in [1.807, 2.05) is 5.92 Å². The number of Topliss-reactive ketones (excluding diaryl/α,β-unsaturated/α-hetero) is 1. The molecule has 0 aliphatic heterocycles. The fourth-order valence-corrected chi connectivity index (χ4v) is 0.970. The molecule has 1 saturated carbocycles. The highest BCUT2D eigenvalue weighted by atomic mass is 16.6. The lowest BCUT2D eigenvalue weighted by Gasteiger charge is -2.10. The number of primary amides is 1. The van der Waals surface area contributed by atoms with Crippen LogP contribution in [0.25, 0.3) is 0 Å². The molecule has 0 spiro atoms. The predicted octanol–water partition coefficient (Wildman–Crippen LogP) is 0.0626. The zero-order valence-corrected chi connectivity index (χ0v) is 6.45. The van der Waals surface area contributed by atoms with Crippen LogP contribution in [0.5, 0.6) is 0 Å². The summed E-state index contributed by atoms with van der Waals surface area (Å²) in [6.07, 6.45) is 4.85. The van der Waals surface area contributed by atoms with Crippen LogP contribution in [0.2, 0.25) is 0 Å². The SMILES string of the molecule is C#CC(=O)[C@H](OC(N)=O)C1CC1. The number of ether oxygens (including phenoxy) is 1. The van der Waals surface area contributed by atoms with E-state index in [4.69, 9.17) is 12.2 Å². The largest absolute Gasteiger partial charge is 0.437 e. The highest BCUT2D eigenvalue weighted by Crippen LogP contribution is 2.34. The van der Waals surface area contributed by atoms with E-state index in [1.165, 1.54) is 0 Å². The maximum absolute atomic E-state index is 11.0. The van der Waals surface area contributed by atoms with Gasteiger partial charge in [-0.2, -0.15) is 0 Å². The molecule has 0 aromatic heterocycles. The van der Waals surface area contributed by atoms with Crippen LogP contribution in [0.1, 0.15) is 12.8 Å². The molecule has 1 atom stereocenters. The Morgan fingerprint density at radius 1 is 1.58 bits per heavy atom. The van der Waals surface area contributed by atoms with Crippen molar-refractivity contribution in [3.8, 4) is 12.3 Å². The van der Waals surface area contributed by atoms with Crippen LogP contribution < -0.4 is 5.73 Å². The van der Waals surface area contributed by atoms with Crippen molar-refractivity contribution >= 4 is 11.9 Å². The number of hydrogen-bond acceptors (Lipinski definition) is 3. The third kappa shape index (κ3) is 1.99. The number of carbonyl (C=O) groups excluding carboxylic acids is 2. The number of nitrogens with two attached hydrogens (primary N) is 1. The van der Waals surface area contributed by atoms with Gasteiger partial charge < -0.3 is 10.5 Å². The van der Waals surface area contributed by atoms with Crippen molar-refractivity contribution in [3.63, 3.8) is 0 Å². The summed E-state index contributed by atoms with van der Waals surface area (Å²) in [4.78, 5) is 21.3. The molecule has 1 fully saturated rings. The summed E-state index contributed by atoms with van der Waals surface area (Å²) in [6, 6.07) is 0. The monoisotopic (exact) mass is 167 g/mol. The van der Waals surface area contributed by atoms with Gasteiger partial charge in [-0.25, -0.2) is 4.79 Å². The Balaban J connectivity index is 2.55. The van der Waals surface area contributed by atoms with Crippen LogP contribution in [0.4, 0.5) is 4.79 Å². The van der Waals surface area contributed by atoms with Gasteiger partial charge in [0.05, 0.1) is 0 Å². The number of amides is 1. The maximum Gasteiger partial charge on any atom is 0.405 e. The number of rotatable bonds is 3. The zero-order chi connectivity index (χ0) is 9.14. The minimum absolute atomic E-state index is 0.0843. The lowest BCUT2D eigenvalue weighted by Crippen LogP contribution is -2.30. The Hall–Kier alpha value is -1.50. The molecule has 0 radical (unpaired) electrons.